The van der Waals surface area contributed by atoms with Crippen LogP contribution >= 0.6 is 0 Å². The van der Waals surface area contributed by atoms with Crippen molar-refractivity contribution in [2.75, 3.05) is 43.1 Å². The van der Waals surface area contributed by atoms with Crippen LogP contribution in [0, 0.1) is 12.7 Å². The Morgan fingerprint density at radius 3 is 2.50 bits per heavy atom. The number of nitrogens with one attached hydrogen (secondary N) is 2. The molecular formula is C20H24FN3O5S. The first-order valence-electron chi connectivity index (χ1n) is 9.44. The normalized spacial score (nSPS) is 15.6. The van der Waals surface area contributed by atoms with Crippen LogP contribution in [0.3, 0.4) is 0 Å². The summed E-state index contributed by atoms with van der Waals surface area (Å²) in [6.45, 7) is 3.49. The molecule has 1 fully saturated rings. The first kappa shape index (κ1) is 22.2. The molecule has 1 saturated heterocycles. The third-order valence-electron chi connectivity index (χ3n) is 4.67. The highest BCUT2D eigenvalue weighted by molar-refractivity contribution is 7.89. The minimum Gasteiger partial charge on any atom is -0.382 e. The molecule has 3 rings (SSSR count). The highest BCUT2D eigenvalue weighted by Crippen LogP contribution is 2.23. The smallest absolute Gasteiger partial charge is 0.254 e. The number of aliphatic hydroxyl groups is 1. The van der Waals surface area contributed by atoms with Crippen molar-refractivity contribution in [1.29, 1.82) is 0 Å². The van der Waals surface area contributed by atoms with Gasteiger partial charge in [-0.2, -0.15) is 0 Å². The van der Waals surface area contributed by atoms with Crippen LogP contribution in [0.4, 0.5) is 15.8 Å². The summed E-state index contributed by atoms with van der Waals surface area (Å²) in [6, 6.07) is 10.4. The first-order valence-corrected chi connectivity index (χ1v) is 10.9. The van der Waals surface area contributed by atoms with Crippen LogP contribution in [0.5, 0.6) is 0 Å². The van der Waals surface area contributed by atoms with Gasteiger partial charge in [0.05, 0.1) is 23.8 Å². The molecule has 0 radical (unpaired) electrons. The molecule has 0 spiro atoms. The number of carbonyl (C=O) groups excluding carboxylic acids is 1. The summed E-state index contributed by atoms with van der Waals surface area (Å²) in [6.07, 6.45) is -1.65. The van der Waals surface area contributed by atoms with Gasteiger partial charge in [-0.3, -0.25) is 4.79 Å². The number of aryl methyl sites for hydroxylation is 1. The second-order valence-electron chi connectivity index (χ2n) is 6.94. The molecule has 0 saturated carbocycles. The number of carbonyl (C=O) groups is 1. The number of anilines is 2. The average Bonchev–Trinajstić information content (AvgIpc) is 2.73. The van der Waals surface area contributed by atoms with Gasteiger partial charge in [-0.25, -0.2) is 17.5 Å². The third kappa shape index (κ3) is 5.54. The van der Waals surface area contributed by atoms with Gasteiger partial charge in [0.2, 0.25) is 10.0 Å². The quantitative estimate of drug-likeness (QED) is 0.602. The van der Waals surface area contributed by atoms with E-state index >= 15 is 0 Å². The van der Waals surface area contributed by atoms with E-state index in [0.717, 1.165) is 11.6 Å². The highest BCUT2D eigenvalue weighted by atomic mass is 32.2. The maximum atomic E-state index is 14.4. The number of nitrogens with zero attached hydrogens (tertiary/aromatic N) is 1. The Bertz CT molecular complexity index is 992. The van der Waals surface area contributed by atoms with E-state index in [1.807, 2.05) is 11.8 Å². The number of benzene rings is 2. The second-order valence-corrected chi connectivity index (χ2v) is 8.70. The fourth-order valence-electron chi connectivity index (χ4n) is 2.95. The van der Waals surface area contributed by atoms with Crippen LogP contribution in [0.2, 0.25) is 0 Å². The second kappa shape index (κ2) is 9.52. The van der Waals surface area contributed by atoms with Gasteiger partial charge in [0.1, 0.15) is 11.9 Å². The van der Waals surface area contributed by atoms with Gasteiger partial charge in [0, 0.05) is 25.3 Å². The SMILES string of the molecule is Cc1ccc(S(=O)(=O)NC[C@H](O)C(=O)Nc2ccc(N3CCOCC3)c(F)c2)cc1. The zero-order valence-electron chi connectivity index (χ0n) is 16.5. The Hall–Kier alpha value is -2.53. The van der Waals surface area contributed by atoms with Gasteiger partial charge in [0.25, 0.3) is 5.91 Å². The maximum Gasteiger partial charge on any atom is 0.254 e. The summed E-state index contributed by atoms with van der Waals surface area (Å²) >= 11 is 0. The fourth-order valence-corrected chi connectivity index (χ4v) is 3.99. The summed E-state index contributed by atoms with van der Waals surface area (Å²) in [5.74, 6) is -1.36. The van der Waals surface area contributed by atoms with E-state index in [2.05, 4.69) is 10.0 Å². The van der Waals surface area contributed by atoms with Crippen LogP contribution < -0.4 is 14.9 Å². The van der Waals surface area contributed by atoms with Crippen LogP contribution in [0.1, 0.15) is 5.56 Å². The lowest BCUT2D eigenvalue weighted by atomic mass is 10.2. The van der Waals surface area contributed by atoms with Crippen molar-refractivity contribution < 1.29 is 27.4 Å². The number of aliphatic hydroxyl groups excluding tert-OH is 1. The molecule has 1 atom stereocenters. The van der Waals surface area contributed by atoms with E-state index < -0.39 is 34.4 Å². The monoisotopic (exact) mass is 437 g/mol. The molecule has 1 aliphatic rings. The Labute approximate surface area is 174 Å². The molecule has 3 N–H and O–H groups in total. The van der Waals surface area contributed by atoms with Crippen molar-refractivity contribution in [2.45, 2.75) is 17.9 Å². The number of hydrogen-bond acceptors (Lipinski definition) is 6. The van der Waals surface area contributed by atoms with Crippen LogP contribution in [0.25, 0.3) is 0 Å². The molecule has 0 unspecified atom stereocenters. The lowest BCUT2D eigenvalue weighted by Gasteiger charge is -2.29. The molecule has 10 heteroatoms. The van der Waals surface area contributed by atoms with E-state index in [-0.39, 0.29) is 10.6 Å². The Kier molecular flexibility index (Phi) is 7.03. The molecule has 162 valence electrons. The summed E-state index contributed by atoms with van der Waals surface area (Å²) in [4.78, 5) is 14.0. The zero-order chi connectivity index (χ0) is 21.7. The van der Waals surface area contributed by atoms with Gasteiger partial charge in [-0.1, -0.05) is 17.7 Å². The average molecular weight is 437 g/mol. The Morgan fingerprint density at radius 1 is 1.20 bits per heavy atom. The van der Waals surface area contributed by atoms with E-state index in [1.165, 1.54) is 18.2 Å². The van der Waals surface area contributed by atoms with Crippen molar-refractivity contribution in [3.8, 4) is 0 Å². The first-order chi connectivity index (χ1) is 14.3. The number of morpholine rings is 1. The third-order valence-corrected chi connectivity index (χ3v) is 6.11. The van der Waals surface area contributed by atoms with Gasteiger partial charge in [-0.15, -0.1) is 0 Å². The van der Waals surface area contributed by atoms with Crippen molar-refractivity contribution in [3.05, 3.63) is 53.8 Å². The summed E-state index contributed by atoms with van der Waals surface area (Å²) in [5, 5.41) is 12.4. The summed E-state index contributed by atoms with van der Waals surface area (Å²) < 4.78 is 46.3. The van der Waals surface area contributed by atoms with E-state index in [9.17, 15) is 22.7 Å². The number of hydrogen-bond donors (Lipinski definition) is 3. The van der Waals surface area contributed by atoms with Crippen LogP contribution in [-0.2, 0) is 19.6 Å². The van der Waals surface area contributed by atoms with Crippen LogP contribution in [0.15, 0.2) is 47.4 Å². The molecule has 0 aliphatic carbocycles. The minimum atomic E-state index is -3.87. The molecule has 30 heavy (non-hydrogen) atoms. The number of halogens is 1. The molecule has 0 aromatic heterocycles. The molecule has 1 heterocycles. The van der Waals surface area contributed by atoms with Crippen molar-refractivity contribution in [2.24, 2.45) is 0 Å². The summed E-state index contributed by atoms with van der Waals surface area (Å²) in [5.41, 5.74) is 1.47. The van der Waals surface area contributed by atoms with E-state index in [0.29, 0.717) is 32.0 Å². The number of amides is 1. The lowest BCUT2D eigenvalue weighted by molar-refractivity contribution is -0.123. The predicted molar refractivity (Wildman–Crippen MR) is 110 cm³/mol. The van der Waals surface area contributed by atoms with Gasteiger partial charge < -0.3 is 20.1 Å². The molecular weight excluding hydrogens is 413 g/mol. The zero-order valence-corrected chi connectivity index (χ0v) is 17.3. The number of rotatable bonds is 7. The van der Waals surface area contributed by atoms with E-state index in [4.69, 9.17) is 4.74 Å². The van der Waals surface area contributed by atoms with E-state index in [1.54, 1.807) is 18.2 Å². The molecule has 8 nitrogen and oxygen atoms in total. The van der Waals surface area contributed by atoms with Crippen LogP contribution in [-0.4, -0.2) is 58.4 Å². The van der Waals surface area contributed by atoms with Crippen molar-refractivity contribution in [1.82, 2.24) is 4.72 Å². The standard InChI is InChI=1S/C20H24FN3O5S/c1-14-2-5-16(6-3-14)30(27,28)22-13-19(25)20(26)23-15-4-7-18(17(21)12-15)24-8-10-29-11-9-24/h2-7,12,19,22,25H,8-11,13H2,1H3,(H,23,26)/t19-/m0/s1. The topological polar surface area (TPSA) is 108 Å². The number of ether oxygens (including phenoxy) is 1. The molecule has 2 aromatic rings. The fraction of sp³-hybridized carbons (Fsp3) is 0.350. The number of sulfonamides is 1. The Morgan fingerprint density at radius 2 is 1.87 bits per heavy atom. The maximum absolute atomic E-state index is 14.4. The largest absolute Gasteiger partial charge is 0.382 e. The highest BCUT2D eigenvalue weighted by Gasteiger charge is 2.21. The van der Waals surface area contributed by atoms with Gasteiger partial charge in [0.15, 0.2) is 0 Å². The molecule has 1 amide bonds. The summed E-state index contributed by atoms with van der Waals surface area (Å²) in [7, 11) is -3.87. The van der Waals surface area contributed by atoms with Crippen molar-refractivity contribution >= 4 is 27.3 Å². The minimum absolute atomic E-state index is 0.0291. The van der Waals surface area contributed by atoms with Gasteiger partial charge in [-0.05, 0) is 37.3 Å². The van der Waals surface area contributed by atoms with Crippen molar-refractivity contribution in [3.63, 3.8) is 0 Å². The van der Waals surface area contributed by atoms with Gasteiger partial charge >= 0.3 is 0 Å². The Balaban J connectivity index is 1.57. The molecule has 1 aliphatic heterocycles. The predicted octanol–water partition coefficient (Wildman–Crippen LogP) is 1.25. The lowest BCUT2D eigenvalue weighted by Crippen LogP contribution is -2.39. The molecule has 0 bridgehead atoms. The molecule has 2 aromatic carbocycles.